The number of nitrogens with one attached hydrogen (secondary N) is 2. The third-order valence-electron chi connectivity index (χ3n) is 5.38. The molecule has 9 heteroatoms. The van der Waals surface area contributed by atoms with E-state index in [1.54, 1.807) is 36.7 Å². The predicted molar refractivity (Wildman–Crippen MR) is 133 cm³/mol. The van der Waals surface area contributed by atoms with E-state index < -0.39 is 0 Å². The van der Waals surface area contributed by atoms with Gasteiger partial charge in [0.2, 0.25) is 11.8 Å². The number of aryl methyl sites for hydroxylation is 1. The molecule has 0 spiro atoms. The van der Waals surface area contributed by atoms with Crippen LogP contribution in [-0.4, -0.2) is 35.6 Å². The number of ether oxygens (including phenoxy) is 1. The third-order valence-corrected chi connectivity index (χ3v) is 5.38. The first kappa shape index (κ1) is 22.0. The molecule has 0 fully saturated rings. The molecule has 4 heterocycles. The molecule has 0 atom stereocenters. The van der Waals surface area contributed by atoms with Crippen LogP contribution in [-0.2, 0) is 17.8 Å². The summed E-state index contributed by atoms with van der Waals surface area (Å²) in [5.41, 5.74) is 5.70. The van der Waals surface area contributed by atoms with E-state index in [2.05, 4.69) is 33.8 Å². The second kappa shape index (κ2) is 9.60. The molecule has 0 bridgehead atoms. The second-order valence-corrected chi connectivity index (χ2v) is 7.79. The first-order chi connectivity index (χ1) is 17.1. The molecule has 0 aliphatic heterocycles. The zero-order chi connectivity index (χ0) is 24.2. The number of pyridine rings is 1. The summed E-state index contributed by atoms with van der Waals surface area (Å²) in [6.07, 6.45) is 9.22. The molecular formula is C26H23N7O2. The van der Waals surface area contributed by atoms with E-state index in [1.807, 2.05) is 35.3 Å². The standard InChI is InChI=1S/C26H23N7O2/c1-3-22-21(16-33(32-22)15-18-8-5-6-11-27-18)20-13-28-26-25(20)31-24(14-29-26)35-19-10-7-9-17(12-19)30-23(34)4-2/h4-14,16H,2-3,15H2,1H3,(H,28,29)(H,30,34). The Kier molecular flexibility index (Phi) is 6.04. The number of fused-ring (bicyclic) bond motifs is 1. The van der Waals surface area contributed by atoms with Gasteiger partial charge in [-0.3, -0.25) is 14.5 Å². The summed E-state index contributed by atoms with van der Waals surface area (Å²) >= 11 is 0. The van der Waals surface area contributed by atoms with Gasteiger partial charge < -0.3 is 15.0 Å². The Labute approximate surface area is 201 Å². The molecule has 1 amide bonds. The summed E-state index contributed by atoms with van der Waals surface area (Å²) in [5.74, 6) is 0.565. The maximum Gasteiger partial charge on any atom is 0.247 e. The smallest absolute Gasteiger partial charge is 0.247 e. The number of hydrogen-bond donors (Lipinski definition) is 2. The topological polar surface area (TPSA) is 111 Å². The molecule has 2 N–H and O–H groups in total. The summed E-state index contributed by atoms with van der Waals surface area (Å²) in [7, 11) is 0. The molecule has 0 saturated carbocycles. The van der Waals surface area contributed by atoms with Crippen LogP contribution in [0.4, 0.5) is 5.69 Å². The Balaban J connectivity index is 1.45. The lowest BCUT2D eigenvalue weighted by atomic mass is 10.1. The average molecular weight is 466 g/mol. The fourth-order valence-electron chi connectivity index (χ4n) is 3.77. The average Bonchev–Trinajstić information content (AvgIpc) is 3.48. The van der Waals surface area contributed by atoms with Crippen LogP contribution in [0.1, 0.15) is 18.3 Å². The van der Waals surface area contributed by atoms with Crippen LogP contribution in [0.5, 0.6) is 11.6 Å². The van der Waals surface area contributed by atoms with E-state index in [0.717, 1.165) is 28.9 Å². The van der Waals surface area contributed by atoms with Crippen LogP contribution in [0.2, 0.25) is 0 Å². The van der Waals surface area contributed by atoms with Gasteiger partial charge in [-0.1, -0.05) is 25.6 Å². The van der Waals surface area contributed by atoms with Crippen molar-refractivity contribution in [2.75, 3.05) is 5.32 Å². The van der Waals surface area contributed by atoms with E-state index in [0.29, 0.717) is 35.0 Å². The van der Waals surface area contributed by atoms with Crippen molar-refractivity contribution >= 4 is 22.8 Å². The van der Waals surface area contributed by atoms with Gasteiger partial charge in [0.1, 0.15) is 11.3 Å². The van der Waals surface area contributed by atoms with Crippen molar-refractivity contribution in [1.82, 2.24) is 29.7 Å². The molecule has 9 nitrogen and oxygen atoms in total. The van der Waals surface area contributed by atoms with Crippen molar-refractivity contribution < 1.29 is 9.53 Å². The number of hydrogen-bond acceptors (Lipinski definition) is 6. The number of aromatic nitrogens is 6. The Hall–Kier alpha value is -4.79. The van der Waals surface area contributed by atoms with Gasteiger partial charge in [0.05, 0.1) is 24.1 Å². The first-order valence-corrected chi connectivity index (χ1v) is 11.1. The van der Waals surface area contributed by atoms with Crippen molar-refractivity contribution in [2.24, 2.45) is 0 Å². The number of carbonyl (C=O) groups is 1. The predicted octanol–water partition coefficient (Wildman–Crippen LogP) is 4.74. The van der Waals surface area contributed by atoms with Gasteiger partial charge in [0.15, 0.2) is 5.65 Å². The molecule has 35 heavy (non-hydrogen) atoms. The maximum absolute atomic E-state index is 11.6. The van der Waals surface area contributed by atoms with Crippen molar-refractivity contribution in [1.29, 1.82) is 0 Å². The molecule has 0 radical (unpaired) electrons. The molecule has 5 aromatic rings. The lowest BCUT2D eigenvalue weighted by molar-refractivity contribution is -0.111. The quantitative estimate of drug-likeness (QED) is 0.320. The second-order valence-electron chi connectivity index (χ2n) is 7.79. The van der Waals surface area contributed by atoms with E-state index in [4.69, 9.17) is 14.8 Å². The summed E-state index contributed by atoms with van der Waals surface area (Å²) in [5, 5.41) is 7.47. The Morgan fingerprint density at radius 1 is 1.20 bits per heavy atom. The van der Waals surface area contributed by atoms with Crippen LogP contribution in [0.3, 0.4) is 0 Å². The Bertz CT molecular complexity index is 1500. The summed E-state index contributed by atoms with van der Waals surface area (Å²) in [6.45, 7) is 6.12. The van der Waals surface area contributed by atoms with Crippen molar-refractivity contribution in [3.05, 3.63) is 91.3 Å². The number of anilines is 1. The highest BCUT2D eigenvalue weighted by atomic mass is 16.5. The van der Waals surface area contributed by atoms with Crippen molar-refractivity contribution in [2.45, 2.75) is 19.9 Å². The lowest BCUT2D eigenvalue weighted by Gasteiger charge is -2.07. The van der Waals surface area contributed by atoms with Crippen molar-refractivity contribution in [3.8, 4) is 22.8 Å². The number of amides is 1. The van der Waals surface area contributed by atoms with Crippen LogP contribution in [0.25, 0.3) is 22.3 Å². The van der Waals surface area contributed by atoms with Gasteiger partial charge in [-0.2, -0.15) is 5.10 Å². The molecule has 4 aromatic heterocycles. The number of carbonyl (C=O) groups excluding carboxylic acids is 1. The van der Waals surface area contributed by atoms with E-state index in [-0.39, 0.29) is 5.91 Å². The molecule has 5 rings (SSSR count). The highest BCUT2D eigenvalue weighted by Crippen LogP contribution is 2.31. The Morgan fingerprint density at radius 2 is 2.11 bits per heavy atom. The van der Waals surface area contributed by atoms with Gasteiger partial charge in [0.25, 0.3) is 0 Å². The van der Waals surface area contributed by atoms with Gasteiger partial charge in [-0.05, 0) is 36.8 Å². The SMILES string of the molecule is C=CC(=O)Nc1cccc(Oc2cnc3[nH]cc(-c4cn(Cc5ccccn5)nc4CC)c3n2)c1. The fourth-order valence-corrected chi connectivity index (χ4v) is 3.77. The van der Waals surface area contributed by atoms with Crippen LogP contribution >= 0.6 is 0 Å². The first-order valence-electron chi connectivity index (χ1n) is 11.1. The molecular weight excluding hydrogens is 442 g/mol. The minimum Gasteiger partial charge on any atom is -0.437 e. The molecule has 0 aliphatic rings. The van der Waals surface area contributed by atoms with Gasteiger partial charge >= 0.3 is 0 Å². The maximum atomic E-state index is 11.6. The molecule has 174 valence electrons. The highest BCUT2D eigenvalue weighted by molar-refractivity contribution is 5.99. The van der Waals surface area contributed by atoms with Gasteiger partial charge in [-0.25, -0.2) is 9.97 Å². The number of H-pyrrole nitrogens is 1. The lowest BCUT2D eigenvalue weighted by Crippen LogP contribution is -2.07. The van der Waals surface area contributed by atoms with Crippen LogP contribution < -0.4 is 10.1 Å². The number of aromatic amines is 1. The zero-order valence-corrected chi connectivity index (χ0v) is 19.1. The minimum absolute atomic E-state index is 0.296. The summed E-state index contributed by atoms with van der Waals surface area (Å²) in [4.78, 5) is 28.4. The molecule has 0 unspecified atom stereocenters. The largest absolute Gasteiger partial charge is 0.437 e. The normalized spacial score (nSPS) is 10.9. The third kappa shape index (κ3) is 4.79. The van der Waals surface area contributed by atoms with Gasteiger partial charge in [0, 0.05) is 41.5 Å². The number of rotatable bonds is 8. The molecule has 1 aromatic carbocycles. The molecule has 0 saturated heterocycles. The van der Waals surface area contributed by atoms with E-state index >= 15 is 0 Å². The summed E-state index contributed by atoms with van der Waals surface area (Å²) in [6, 6.07) is 12.9. The fraction of sp³-hybridized carbons (Fsp3) is 0.115. The van der Waals surface area contributed by atoms with Crippen LogP contribution in [0.15, 0.2) is 79.9 Å². The minimum atomic E-state index is -0.296. The van der Waals surface area contributed by atoms with E-state index in [1.165, 1.54) is 6.08 Å². The Morgan fingerprint density at radius 3 is 2.91 bits per heavy atom. The number of benzene rings is 1. The summed E-state index contributed by atoms with van der Waals surface area (Å²) < 4.78 is 7.84. The van der Waals surface area contributed by atoms with Crippen molar-refractivity contribution in [3.63, 3.8) is 0 Å². The zero-order valence-electron chi connectivity index (χ0n) is 19.1. The van der Waals surface area contributed by atoms with E-state index in [9.17, 15) is 4.79 Å². The monoisotopic (exact) mass is 465 g/mol. The molecule has 0 aliphatic carbocycles. The van der Waals surface area contributed by atoms with Crippen LogP contribution in [0, 0.1) is 0 Å². The number of nitrogens with zero attached hydrogens (tertiary/aromatic N) is 5. The van der Waals surface area contributed by atoms with Gasteiger partial charge in [-0.15, -0.1) is 0 Å². The highest BCUT2D eigenvalue weighted by Gasteiger charge is 2.17.